The summed E-state index contributed by atoms with van der Waals surface area (Å²) < 4.78 is 0. The van der Waals surface area contributed by atoms with E-state index in [1.165, 1.54) is 11.8 Å². The number of carbonyl (C=O) groups is 1. The molecule has 0 aliphatic carbocycles. The summed E-state index contributed by atoms with van der Waals surface area (Å²) in [5, 5.41) is 9.80. The van der Waals surface area contributed by atoms with Gasteiger partial charge in [0.15, 0.2) is 0 Å². The molecule has 1 rings (SSSR count). The van der Waals surface area contributed by atoms with Crippen LogP contribution in [-0.2, 0) is 4.79 Å². The van der Waals surface area contributed by atoms with Gasteiger partial charge < -0.3 is 5.11 Å². The molecular weight excluding hydrogens is 267 g/mol. The zero-order chi connectivity index (χ0) is 12.1. The van der Waals surface area contributed by atoms with Crippen molar-refractivity contribution in [2.75, 3.05) is 0 Å². The molecule has 0 radical (unpaired) electrons. The van der Waals surface area contributed by atoms with Crippen molar-refractivity contribution in [3.05, 3.63) is 28.2 Å². The van der Waals surface area contributed by atoms with Gasteiger partial charge in [-0.3, -0.25) is 4.79 Å². The van der Waals surface area contributed by atoms with Gasteiger partial charge in [-0.2, -0.15) is 0 Å². The van der Waals surface area contributed by atoms with Crippen molar-refractivity contribution in [1.82, 2.24) is 0 Å². The van der Waals surface area contributed by atoms with E-state index >= 15 is 0 Å². The SMILES string of the molecule is CCC(CC(=O)O)Sc1ccc(Cl)c(Cl)c1. The fourth-order valence-electron chi connectivity index (χ4n) is 1.21. The van der Waals surface area contributed by atoms with E-state index in [0.29, 0.717) is 10.0 Å². The first-order chi connectivity index (χ1) is 7.52. The highest BCUT2D eigenvalue weighted by Crippen LogP contribution is 2.32. The zero-order valence-corrected chi connectivity index (χ0v) is 11.1. The molecule has 1 unspecified atom stereocenters. The van der Waals surface area contributed by atoms with E-state index in [-0.39, 0.29) is 11.7 Å². The Morgan fingerprint density at radius 1 is 1.44 bits per heavy atom. The van der Waals surface area contributed by atoms with Gasteiger partial charge in [-0.1, -0.05) is 30.1 Å². The maximum atomic E-state index is 10.6. The van der Waals surface area contributed by atoms with Gasteiger partial charge in [-0.15, -0.1) is 11.8 Å². The molecule has 0 bridgehead atoms. The van der Waals surface area contributed by atoms with E-state index in [4.69, 9.17) is 28.3 Å². The molecule has 0 spiro atoms. The summed E-state index contributed by atoms with van der Waals surface area (Å²) in [6.45, 7) is 1.97. The van der Waals surface area contributed by atoms with Crippen molar-refractivity contribution >= 4 is 40.9 Å². The van der Waals surface area contributed by atoms with E-state index in [9.17, 15) is 4.79 Å². The molecule has 1 aromatic carbocycles. The normalized spacial score (nSPS) is 12.4. The van der Waals surface area contributed by atoms with Gasteiger partial charge in [0, 0.05) is 10.1 Å². The number of rotatable bonds is 5. The van der Waals surface area contributed by atoms with E-state index in [0.717, 1.165) is 11.3 Å². The van der Waals surface area contributed by atoms with Crippen LogP contribution in [0.25, 0.3) is 0 Å². The van der Waals surface area contributed by atoms with Gasteiger partial charge in [0.1, 0.15) is 0 Å². The summed E-state index contributed by atoms with van der Waals surface area (Å²) in [7, 11) is 0. The van der Waals surface area contributed by atoms with Crippen molar-refractivity contribution < 1.29 is 9.90 Å². The highest BCUT2D eigenvalue weighted by molar-refractivity contribution is 8.00. The molecule has 0 aliphatic rings. The van der Waals surface area contributed by atoms with Crippen LogP contribution in [0.2, 0.25) is 10.0 Å². The molecular formula is C11H12Cl2O2S. The second-order valence-electron chi connectivity index (χ2n) is 3.32. The monoisotopic (exact) mass is 278 g/mol. The van der Waals surface area contributed by atoms with Gasteiger partial charge in [0.2, 0.25) is 0 Å². The number of thioether (sulfide) groups is 1. The molecule has 88 valence electrons. The smallest absolute Gasteiger partial charge is 0.304 e. The molecule has 2 nitrogen and oxygen atoms in total. The van der Waals surface area contributed by atoms with Crippen LogP contribution in [0.5, 0.6) is 0 Å². The standard InChI is InChI=1S/C11H12Cl2O2S/c1-2-7(6-11(14)15)16-8-3-4-9(12)10(13)5-8/h3-5,7H,2,6H2,1H3,(H,14,15). The van der Waals surface area contributed by atoms with Crippen molar-refractivity contribution in [2.45, 2.75) is 29.9 Å². The fraction of sp³-hybridized carbons (Fsp3) is 0.364. The second-order valence-corrected chi connectivity index (χ2v) is 5.51. The molecule has 0 saturated heterocycles. The molecule has 0 aliphatic heterocycles. The van der Waals surface area contributed by atoms with Gasteiger partial charge in [0.25, 0.3) is 0 Å². The number of halogens is 2. The molecule has 0 heterocycles. The van der Waals surface area contributed by atoms with Crippen LogP contribution >= 0.6 is 35.0 Å². The molecule has 16 heavy (non-hydrogen) atoms. The zero-order valence-electron chi connectivity index (χ0n) is 8.74. The summed E-state index contributed by atoms with van der Waals surface area (Å²) in [6, 6.07) is 5.34. The third kappa shape index (κ3) is 4.24. The molecule has 0 amide bonds. The van der Waals surface area contributed by atoms with E-state index in [1.807, 2.05) is 13.0 Å². The lowest BCUT2D eigenvalue weighted by Gasteiger charge is -2.12. The van der Waals surface area contributed by atoms with Gasteiger partial charge in [-0.05, 0) is 24.6 Å². The Kier molecular flexibility index (Phi) is 5.46. The van der Waals surface area contributed by atoms with Crippen LogP contribution in [0.15, 0.2) is 23.1 Å². The number of benzene rings is 1. The Morgan fingerprint density at radius 3 is 2.62 bits per heavy atom. The number of hydrogen-bond acceptors (Lipinski definition) is 2. The first-order valence-electron chi connectivity index (χ1n) is 4.86. The van der Waals surface area contributed by atoms with Crippen LogP contribution in [-0.4, -0.2) is 16.3 Å². The largest absolute Gasteiger partial charge is 0.481 e. The Balaban J connectivity index is 2.70. The molecule has 1 atom stereocenters. The molecule has 5 heteroatoms. The number of hydrogen-bond donors (Lipinski definition) is 1. The predicted octanol–water partition coefficient (Wildman–Crippen LogP) is 4.34. The highest BCUT2D eigenvalue weighted by atomic mass is 35.5. The first-order valence-corrected chi connectivity index (χ1v) is 6.50. The van der Waals surface area contributed by atoms with Crippen LogP contribution in [0.3, 0.4) is 0 Å². The third-order valence-corrected chi connectivity index (χ3v) is 4.15. The minimum atomic E-state index is -0.778. The minimum absolute atomic E-state index is 0.0646. The summed E-state index contributed by atoms with van der Waals surface area (Å²) in [5.74, 6) is -0.778. The quantitative estimate of drug-likeness (QED) is 0.815. The topological polar surface area (TPSA) is 37.3 Å². The lowest BCUT2D eigenvalue weighted by Crippen LogP contribution is -2.08. The maximum Gasteiger partial charge on any atom is 0.304 e. The van der Waals surface area contributed by atoms with Crippen molar-refractivity contribution in [1.29, 1.82) is 0 Å². The van der Waals surface area contributed by atoms with Gasteiger partial charge in [0.05, 0.1) is 16.5 Å². The van der Waals surface area contributed by atoms with Crippen LogP contribution in [0.1, 0.15) is 19.8 Å². The average molecular weight is 279 g/mol. The van der Waals surface area contributed by atoms with E-state index in [1.54, 1.807) is 12.1 Å². The Hall–Kier alpha value is -0.380. The maximum absolute atomic E-state index is 10.6. The van der Waals surface area contributed by atoms with Crippen LogP contribution in [0, 0.1) is 0 Å². The average Bonchev–Trinajstić information content (AvgIpc) is 2.22. The van der Waals surface area contributed by atoms with Crippen molar-refractivity contribution in [2.24, 2.45) is 0 Å². The van der Waals surface area contributed by atoms with E-state index < -0.39 is 5.97 Å². The van der Waals surface area contributed by atoms with Crippen LogP contribution in [0.4, 0.5) is 0 Å². The van der Waals surface area contributed by atoms with Crippen LogP contribution < -0.4 is 0 Å². The first kappa shape index (κ1) is 13.7. The second kappa shape index (κ2) is 6.38. The highest BCUT2D eigenvalue weighted by Gasteiger charge is 2.13. The van der Waals surface area contributed by atoms with Gasteiger partial charge >= 0.3 is 5.97 Å². The molecule has 0 aromatic heterocycles. The number of carboxylic acids is 1. The van der Waals surface area contributed by atoms with E-state index in [2.05, 4.69) is 0 Å². The predicted molar refractivity (Wildman–Crippen MR) is 68.7 cm³/mol. The number of carboxylic acid groups (broad SMARTS) is 1. The minimum Gasteiger partial charge on any atom is -0.481 e. The molecule has 1 aromatic rings. The lowest BCUT2D eigenvalue weighted by atomic mass is 10.2. The lowest BCUT2D eigenvalue weighted by molar-refractivity contribution is -0.136. The van der Waals surface area contributed by atoms with Gasteiger partial charge in [-0.25, -0.2) is 0 Å². The summed E-state index contributed by atoms with van der Waals surface area (Å²) in [6.07, 6.45) is 0.957. The number of aliphatic carboxylic acids is 1. The summed E-state index contributed by atoms with van der Waals surface area (Å²) >= 11 is 13.2. The molecule has 0 fully saturated rings. The Bertz CT molecular complexity index is 382. The molecule has 1 N–H and O–H groups in total. The third-order valence-electron chi connectivity index (χ3n) is 2.05. The van der Waals surface area contributed by atoms with Crippen molar-refractivity contribution in [3.63, 3.8) is 0 Å². The Morgan fingerprint density at radius 2 is 2.12 bits per heavy atom. The molecule has 0 saturated carbocycles. The Labute approximate surface area is 109 Å². The summed E-state index contributed by atoms with van der Waals surface area (Å²) in [5.41, 5.74) is 0. The summed E-state index contributed by atoms with van der Waals surface area (Å²) in [4.78, 5) is 11.6. The van der Waals surface area contributed by atoms with Crippen molar-refractivity contribution in [3.8, 4) is 0 Å². The fourth-order valence-corrected chi connectivity index (χ4v) is 2.68.